The fourth-order valence-corrected chi connectivity index (χ4v) is 10.1. The quantitative estimate of drug-likeness (QED) is 0.0320. The van der Waals surface area contributed by atoms with Crippen molar-refractivity contribution in [2.75, 3.05) is 13.2 Å². The standard InChI is InChI=1S/C67H127NO5/c1-3-5-7-9-11-13-15-17-18-19-20-21-22-23-26-29-32-36-39-43-47-51-55-59-65(70)64(63-69)68-66(71)60-56-52-48-44-40-37-33-30-27-24-25-28-31-34-38-42-46-50-54-58-62-73-67(72)61-57-53-49-45-41-35-16-14-12-10-8-6-4-2/h8,10,14,16,24,27,64-65,69-70H,3-7,9,11-13,15,17-23,25-26,28-63H2,1-2H3,(H,68,71)/b10-8-,16-14-,27-24-. The molecule has 6 heteroatoms. The second-order valence-electron chi connectivity index (χ2n) is 22.4. The van der Waals surface area contributed by atoms with Gasteiger partial charge in [0.05, 0.1) is 25.4 Å². The van der Waals surface area contributed by atoms with E-state index in [2.05, 4.69) is 55.6 Å². The molecule has 0 spiro atoms. The summed E-state index contributed by atoms with van der Waals surface area (Å²) in [7, 11) is 0. The fraction of sp³-hybridized carbons (Fsp3) is 0.881. The van der Waals surface area contributed by atoms with Crippen LogP contribution >= 0.6 is 0 Å². The molecule has 6 nitrogen and oxygen atoms in total. The van der Waals surface area contributed by atoms with Gasteiger partial charge in [0, 0.05) is 12.8 Å². The molecule has 0 aromatic heterocycles. The highest BCUT2D eigenvalue weighted by molar-refractivity contribution is 5.76. The molecule has 0 aromatic carbocycles. The van der Waals surface area contributed by atoms with Gasteiger partial charge >= 0.3 is 5.97 Å². The van der Waals surface area contributed by atoms with Gasteiger partial charge in [-0.2, -0.15) is 0 Å². The number of carbonyl (C=O) groups is 2. The first-order chi connectivity index (χ1) is 36.0. The lowest BCUT2D eigenvalue weighted by Crippen LogP contribution is -2.45. The normalized spacial score (nSPS) is 12.8. The highest BCUT2D eigenvalue weighted by atomic mass is 16.5. The summed E-state index contributed by atoms with van der Waals surface area (Å²) in [6.45, 7) is 4.90. The summed E-state index contributed by atoms with van der Waals surface area (Å²) in [6, 6.07) is -0.550. The molecule has 0 aliphatic heterocycles. The van der Waals surface area contributed by atoms with Crippen LogP contribution < -0.4 is 5.32 Å². The number of ether oxygens (including phenoxy) is 1. The minimum atomic E-state index is -0.672. The predicted molar refractivity (Wildman–Crippen MR) is 319 cm³/mol. The lowest BCUT2D eigenvalue weighted by Gasteiger charge is -2.22. The molecule has 0 aliphatic carbocycles. The maximum Gasteiger partial charge on any atom is 0.305 e. The van der Waals surface area contributed by atoms with Crippen molar-refractivity contribution < 1.29 is 24.5 Å². The molecule has 0 bridgehead atoms. The van der Waals surface area contributed by atoms with Crippen LogP contribution in [0.15, 0.2) is 36.5 Å². The summed E-state index contributed by atoms with van der Waals surface area (Å²) in [5, 5.41) is 23.4. The average Bonchev–Trinajstić information content (AvgIpc) is 3.39. The number of aliphatic hydroxyl groups is 2. The first-order valence-corrected chi connectivity index (χ1v) is 32.7. The summed E-state index contributed by atoms with van der Waals surface area (Å²) in [6.07, 6.45) is 78.8. The van der Waals surface area contributed by atoms with Crippen molar-refractivity contribution in [3.8, 4) is 0 Å². The van der Waals surface area contributed by atoms with Crippen molar-refractivity contribution in [2.45, 2.75) is 366 Å². The molecule has 73 heavy (non-hydrogen) atoms. The molecule has 0 fully saturated rings. The van der Waals surface area contributed by atoms with Crippen LogP contribution in [0.3, 0.4) is 0 Å². The molecule has 3 N–H and O–H groups in total. The highest BCUT2D eigenvalue weighted by Crippen LogP contribution is 2.18. The van der Waals surface area contributed by atoms with Crippen LogP contribution in [0.4, 0.5) is 0 Å². The third-order valence-electron chi connectivity index (χ3n) is 15.1. The molecule has 2 atom stereocenters. The summed E-state index contributed by atoms with van der Waals surface area (Å²) in [5.41, 5.74) is 0. The molecule has 2 unspecified atom stereocenters. The Morgan fingerprint density at radius 3 is 1.11 bits per heavy atom. The summed E-state index contributed by atoms with van der Waals surface area (Å²) in [5.74, 6) is -0.0492. The number of rotatable bonds is 61. The largest absolute Gasteiger partial charge is 0.466 e. The Labute approximate surface area is 455 Å². The number of carbonyl (C=O) groups excluding carboxylic acids is 2. The molecule has 0 saturated heterocycles. The molecule has 1 amide bonds. The van der Waals surface area contributed by atoms with Crippen molar-refractivity contribution in [2.24, 2.45) is 0 Å². The zero-order valence-electron chi connectivity index (χ0n) is 49.1. The number of unbranched alkanes of at least 4 members (excludes halogenated alkanes) is 44. The molecule has 0 aromatic rings. The zero-order valence-corrected chi connectivity index (χ0v) is 49.1. The van der Waals surface area contributed by atoms with Crippen LogP contribution in [0, 0.1) is 0 Å². The average molecular weight is 1030 g/mol. The Kier molecular flexibility index (Phi) is 61.0. The Hall–Kier alpha value is -1.92. The SMILES string of the molecule is CCC/C=C\C/C=C\CCCCCCCC(=O)OCCCCCCCCCCC/C=C\CCCCCCCCCC(=O)NC(CO)C(O)CCCCCCCCCCCCCCCCCCCCCCCCC. The Morgan fingerprint density at radius 2 is 0.712 bits per heavy atom. The van der Waals surface area contributed by atoms with E-state index in [0.29, 0.717) is 25.9 Å². The number of hydrogen-bond donors (Lipinski definition) is 3. The van der Waals surface area contributed by atoms with E-state index in [0.717, 1.165) is 51.4 Å². The van der Waals surface area contributed by atoms with E-state index in [-0.39, 0.29) is 18.5 Å². The Balaban J connectivity index is 3.44. The minimum absolute atomic E-state index is 0.00870. The molecule has 0 rings (SSSR count). The first-order valence-electron chi connectivity index (χ1n) is 32.7. The van der Waals surface area contributed by atoms with Crippen molar-refractivity contribution in [1.82, 2.24) is 5.32 Å². The van der Waals surface area contributed by atoms with E-state index in [1.807, 2.05) is 0 Å². The van der Waals surface area contributed by atoms with Gasteiger partial charge in [-0.15, -0.1) is 0 Å². The number of aliphatic hydroxyl groups excluding tert-OH is 2. The van der Waals surface area contributed by atoms with Crippen LogP contribution in [0.25, 0.3) is 0 Å². The Bertz CT molecular complexity index is 1180. The lowest BCUT2D eigenvalue weighted by molar-refractivity contribution is -0.143. The zero-order chi connectivity index (χ0) is 52.9. The molecule has 430 valence electrons. The maximum atomic E-state index is 12.5. The third-order valence-corrected chi connectivity index (χ3v) is 15.1. The molecule has 0 radical (unpaired) electrons. The van der Waals surface area contributed by atoms with Crippen LogP contribution in [0.1, 0.15) is 354 Å². The van der Waals surface area contributed by atoms with Crippen molar-refractivity contribution in [3.63, 3.8) is 0 Å². The minimum Gasteiger partial charge on any atom is -0.466 e. The van der Waals surface area contributed by atoms with Gasteiger partial charge in [-0.05, 0) is 77.0 Å². The van der Waals surface area contributed by atoms with Gasteiger partial charge in [-0.1, -0.05) is 301 Å². The lowest BCUT2D eigenvalue weighted by atomic mass is 10.0. The van der Waals surface area contributed by atoms with Crippen molar-refractivity contribution >= 4 is 11.9 Å². The number of hydrogen-bond acceptors (Lipinski definition) is 5. The van der Waals surface area contributed by atoms with Crippen molar-refractivity contribution in [1.29, 1.82) is 0 Å². The van der Waals surface area contributed by atoms with E-state index in [4.69, 9.17) is 4.74 Å². The van der Waals surface area contributed by atoms with E-state index >= 15 is 0 Å². The van der Waals surface area contributed by atoms with Crippen LogP contribution in [0.5, 0.6) is 0 Å². The van der Waals surface area contributed by atoms with E-state index < -0.39 is 12.1 Å². The van der Waals surface area contributed by atoms with Gasteiger partial charge in [-0.25, -0.2) is 0 Å². The van der Waals surface area contributed by atoms with Crippen molar-refractivity contribution in [3.05, 3.63) is 36.5 Å². The molecule has 0 saturated carbocycles. The predicted octanol–water partition coefficient (Wildman–Crippen LogP) is 20.8. The van der Waals surface area contributed by atoms with Crippen LogP contribution in [0.2, 0.25) is 0 Å². The number of allylic oxidation sites excluding steroid dienone is 6. The van der Waals surface area contributed by atoms with Gasteiger partial charge in [0.15, 0.2) is 0 Å². The summed E-state index contributed by atoms with van der Waals surface area (Å²) < 4.78 is 5.46. The molecule has 0 aliphatic rings. The molecule has 0 heterocycles. The summed E-state index contributed by atoms with van der Waals surface area (Å²) in [4.78, 5) is 24.6. The first kappa shape index (κ1) is 71.1. The van der Waals surface area contributed by atoms with Gasteiger partial charge in [0.25, 0.3) is 0 Å². The van der Waals surface area contributed by atoms with E-state index in [9.17, 15) is 19.8 Å². The van der Waals surface area contributed by atoms with Gasteiger partial charge in [-0.3, -0.25) is 9.59 Å². The topological polar surface area (TPSA) is 95.9 Å². The molecular weight excluding hydrogens is 899 g/mol. The Morgan fingerprint density at radius 1 is 0.384 bits per heavy atom. The molecular formula is C67H127NO5. The summed E-state index contributed by atoms with van der Waals surface area (Å²) >= 11 is 0. The number of nitrogens with one attached hydrogen (secondary N) is 1. The van der Waals surface area contributed by atoms with Gasteiger partial charge in [0.1, 0.15) is 0 Å². The van der Waals surface area contributed by atoms with E-state index in [1.54, 1.807) is 0 Å². The van der Waals surface area contributed by atoms with Gasteiger partial charge in [0.2, 0.25) is 5.91 Å². The number of esters is 1. The van der Waals surface area contributed by atoms with Crippen LogP contribution in [-0.2, 0) is 14.3 Å². The third kappa shape index (κ3) is 59.2. The fourth-order valence-electron chi connectivity index (χ4n) is 10.1. The second-order valence-corrected chi connectivity index (χ2v) is 22.4. The van der Waals surface area contributed by atoms with Crippen LogP contribution in [-0.4, -0.2) is 47.4 Å². The number of amides is 1. The smallest absolute Gasteiger partial charge is 0.305 e. The maximum absolute atomic E-state index is 12.5. The highest BCUT2D eigenvalue weighted by Gasteiger charge is 2.20. The monoisotopic (exact) mass is 1030 g/mol. The van der Waals surface area contributed by atoms with E-state index in [1.165, 1.54) is 270 Å². The van der Waals surface area contributed by atoms with Gasteiger partial charge < -0.3 is 20.3 Å². The second kappa shape index (κ2) is 62.6.